The SMILES string of the molecule is COC(C)(C)CC(CN)N1CC(C)(C)OC(C)(C)C1. The Morgan fingerprint density at radius 1 is 1.21 bits per heavy atom. The highest BCUT2D eigenvalue weighted by atomic mass is 16.5. The molecule has 0 saturated carbocycles. The molecule has 0 amide bonds. The number of nitrogens with two attached hydrogens (primary N) is 1. The quantitative estimate of drug-likeness (QED) is 0.832. The van der Waals surface area contributed by atoms with Crippen molar-refractivity contribution in [1.29, 1.82) is 0 Å². The minimum Gasteiger partial charge on any atom is -0.379 e. The summed E-state index contributed by atoms with van der Waals surface area (Å²) in [5.41, 5.74) is 5.60. The fourth-order valence-corrected chi connectivity index (χ4v) is 3.12. The zero-order chi connectivity index (χ0) is 14.9. The lowest BCUT2D eigenvalue weighted by atomic mass is 9.92. The van der Waals surface area contributed by atoms with E-state index >= 15 is 0 Å². The summed E-state index contributed by atoms with van der Waals surface area (Å²) in [6.45, 7) is 15.3. The van der Waals surface area contributed by atoms with Crippen molar-refractivity contribution in [1.82, 2.24) is 4.90 Å². The number of rotatable bonds is 5. The molecule has 4 heteroatoms. The van der Waals surface area contributed by atoms with Crippen molar-refractivity contribution >= 4 is 0 Å². The summed E-state index contributed by atoms with van der Waals surface area (Å²) in [5, 5.41) is 0. The summed E-state index contributed by atoms with van der Waals surface area (Å²) < 4.78 is 11.7. The lowest BCUT2D eigenvalue weighted by Gasteiger charge is -2.50. The highest BCUT2D eigenvalue weighted by Crippen LogP contribution is 2.31. The van der Waals surface area contributed by atoms with Crippen LogP contribution in [0.5, 0.6) is 0 Å². The van der Waals surface area contributed by atoms with Crippen LogP contribution in [0.3, 0.4) is 0 Å². The van der Waals surface area contributed by atoms with Crippen LogP contribution in [0.15, 0.2) is 0 Å². The normalized spacial score (nSPS) is 25.3. The van der Waals surface area contributed by atoms with Crippen LogP contribution in [0, 0.1) is 0 Å². The van der Waals surface area contributed by atoms with E-state index in [2.05, 4.69) is 46.4 Å². The van der Waals surface area contributed by atoms with Gasteiger partial charge in [-0.2, -0.15) is 0 Å². The third-order valence-electron chi connectivity index (χ3n) is 3.79. The van der Waals surface area contributed by atoms with Crippen molar-refractivity contribution in [2.75, 3.05) is 26.7 Å². The molecule has 0 spiro atoms. The molecule has 1 saturated heterocycles. The molecule has 0 aromatic carbocycles. The molecule has 0 aliphatic carbocycles. The van der Waals surface area contributed by atoms with Gasteiger partial charge in [0.2, 0.25) is 0 Å². The number of morpholine rings is 1. The van der Waals surface area contributed by atoms with Gasteiger partial charge in [-0.3, -0.25) is 4.90 Å². The van der Waals surface area contributed by atoms with E-state index in [0.717, 1.165) is 19.5 Å². The lowest BCUT2D eigenvalue weighted by molar-refractivity contribution is -0.190. The van der Waals surface area contributed by atoms with Gasteiger partial charge in [-0.05, 0) is 48.0 Å². The maximum atomic E-state index is 6.13. The second-order valence-corrected chi connectivity index (χ2v) is 7.58. The van der Waals surface area contributed by atoms with E-state index in [0.29, 0.717) is 12.6 Å². The van der Waals surface area contributed by atoms with Crippen LogP contribution in [0.2, 0.25) is 0 Å². The molecular weight excluding hydrogens is 240 g/mol. The molecule has 1 heterocycles. The number of nitrogens with zero attached hydrogens (tertiary/aromatic N) is 1. The van der Waals surface area contributed by atoms with Gasteiger partial charge in [-0.1, -0.05) is 0 Å². The molecule has 114 valence electrons. The zero-order valence-electron chi connectivity index (χ0n) is 13.7. The van der Waals surface area contributed by atoms with Gasteiger partial charge in [0.1, 0.15) is 0 Å². The minimum atomic E-state index is -0.142. The fourth-order valence-electron chi connectivity index (χ4n) is 3.12. The lowest BCUT2D eigenvalue weighted by Crippen LogP contribution is -2.61. The van der Waals surface area contributed by atoms with E-state index in [1.165, 1.54) is 0 Å². The first-order valence-electron chi connectivity index (χ1n) is 7.20. The molecule has 2 N–H and O–H groups in total. The van der Waals surface area contributed by atoms with Crippen molar-refractivity contribution in [3.05, 3.63) is 0 Å². The van der Waals surface area contributed by atoms with Crippen molar-refractivity contribution in [3.8, 4) is 0 Å². The standard InChI is InChI=1S/C15H32N2O2/c1-13(2,18-7)8-12(9-16)17-10-14(3,4)19-15(5,6)11-17/h12H,8-11,16H2,1-7H3. The molecule has 1 aliphatic rings. The van der Waals surface area contributed by atoms with Gasteiger partial charge in [-0.15, -0.1) is 0 Å². The van der Waals surface area contributed by atoms with Crippen LogP contribution in [0.4, 0.5) is 0 Å². The Kier molecular flexibility index (Phi) is 5.05. The Hall–Kier alpha value is -0.160. The van der Waals surface area contributed by atoms with Gasteiger partial charge in [0.15, 0.2) is 0 Å². The number of hydrogen-bond donors (Lipinski definition) is 1. The molecule has 1 unspecified atom stereocenters. The Morgan fingerprint density at radius 2 is 1.68 bits per heavy atom. The Morgan fingerprint density at radius 3 is 2.05 bits per heavy atom. The van der Waals surface area contributed by atoms with Crippen LogP contribution >= 0.6 is 0 Å². The van der Waals surface area contributed by atoms with E-state index in [1.807, 2.05) is 0 Å². The Balaban J connectivity index is 2.80. The number of hydrogen-bond acceptors (Lipinski definition) is 4. The van der Waals surface area contributed by atoms with Crippen LogP contribution in [-0.2, 0) is 9.47 Å². The first-order chi connectivity index (χ1) is 8.50. The average molecular weight is 272 g/mol. The van der Waals surface area contributed by atoms with Crippen LogP contribution in [-0.4, -0.2) is 54.5 Å². The minimum absolute atomic E-state index is 0.133. The van der Waals surface area contributed by atoms with Crippen molar-refractivity contribution < 1.29 is 9.47 Å². The van der Waals surface area contributed by atoms with Crippen molar-refractivity contribution in [3.63, 3.8) is 0 Å². The number of ether oxygens (including phenoxy) is 2. The second kappa shape index (κ2) is 5.68. The molecule has 0 bridgehead atoms. The molecule has 1 atom stereocenters. The van der Waals surface area contributed by atoms with Gasteiger partial charge >= 0.3 is 0 Å². The predicted molar refractivity (Wildman–Crippen MR) is 79.4 cm³/mol. The van der Waals surface area contributed by atoms with E-state index in [1.54, 1.807) is 7.11 Å². The summed E-state index contributed by atoms with van der Waals surface area (Å²) >= 11 is 0. The summed E-state index contributed by atoms with van der Waals surface area (Å²) in [5.74, 6) is 0. The Bertz CT molecular complexity index is 285. The summed E-state index contributed by atoms with van der Waals surface area (Å²) in [6, 6.07) is 0.331. The summed E-state index contributed by atoms with van der Waals surface area (Å²) in [6.07, 6.45) is 0.937. The molecule has 1 fully saturated rings. The zero-order valence-corrected chi connectivity index (χ0v) is 13.7. The van der Waals surface area contributed by atoms with E-state index in [9.17, 15) is 0 Å². The first-order valence-corrected chi connectivity index (χ1v) is 7.20. The third-order valence-corrected chi connectivity index (χ3v) is 3.79. The molecule has 4 nitrogen and oxygen atoms in total. The van der Waals surface area contributed by atoms with Crippen LogP contribution < -0.4 is 5.73 Å². The van der Waals surface area contributed by atoms with Crippen LogP contribution in [0.25, 0.3) is 0 Å². The topological polar surface area (TPSA) is 47.7 Å². The second-order valence-electron chi connectivity index (χ2n) is 7.58. The van der Waals surface area contributed by atoms with Gasteiger partial charge in [0, 0.05) is 32.8 Å². The monoisotopic (exact) mass is 272 g/mol. The first kappa shape index (κ1) is 16.9. The molecule has 1 aliphatic heterocycles. The van der Waals surface area contributed by atoms with Crippen molar-refractivity contribution in [2.24, 2.45) is 5.73 Å². The maximum Gasteiger partial charge on any atom is 0.0760 e. The molecule has 1 rings (SSSR count). The highest BCUT2D eigenvalue weighted by Gasteiger charge is 2.41. The largest absolute Gasteiger partial charge is 0.379 e. The molecule has 0 radical (unpaired) electrons. The fraction of sp³-hybridized carbons (Fsp3) is 1.00. The Labute approximate surface area is 118 Å². The molecule has 0 aromatic rings. The van der Waals surface area contributed by atoms with Gasteiger partial charge in [-0.25, -0.2) is 0 Å². The smallest absolute Gasteiger partial charge is 0.0760 e. The molecular formula is C15H32N2O2. The van der Waals surface area contributed by atoms with Crippen LogP contribution in [0.1, 0.15) is 48.0 Å². The molecule has 0 aromatic heterocycles. The van der Waals surface area contributed by atoms with E-state index < -0.39 is 0 Å². The predicted octanol–water partition coefficient (Wildman–Crippen LogP) is 2.02. The third kappa shape index (κ3) is 5.03. The van der Waals surface area contributed by atoms with E-state index in [-0.39, 0.29) is 16.8 Å². The summed E-state index contributed by atoms with van der Waals surface area (Å²) in [4.78, 5) is 2.46. The summed E-state index contributed by atoms with van der Waals surface area (Å²) in [7, 11) is 1.76. The maximum absolute atomic E-state index is 6.13. The van der Waals surface area contributed by atoms with Gasteiger partial charge in [0.05, 0.1) is 16.8 Å². The average Bonchev–Trinajstić information content (AvgIpc) is 2.21. The van der Waals surface area contributed by atoms with Gasteiger partial charge < -0.3 is 15.2 Å². The van der Waals surface area contributed by atoms with Gasteiger partial charge in [0.25, 0.3) is 0 Å². The molecule has 19 heavy (non-hydrogen) atoms. The number of methoxy groups -OCH3 is 1. The van der Waals surface area contributed by atoms with E-state index in [4.69, 9.17) is 15.2 Å². The highest BCUT2D eigenvalue weighted by molar-refractivity contribution is 4.93. The van der Waals surface area contributed by atoms with Crippen molar-refractivity contribution in [2.45, 2.75) is 70.8 Å².